The van der Waals surface area contributed by atoms with E-state index in [-0.39, 0.29) is 23.0 Å². The van der Waals surface area contributed by atoms with Crippen molar-refractivity contribution in [2.75, 3.05) is 7.11 Å². The first-order valence-electron chi connectivity index (χ1n) is 8.38. The Morgan fingerprint density at radius 2 is 1.46 bits per heavy atom. The molecule has 6 heteroatoms. The Kier molecular flexibility index (Phi) is 6.98. The van der Waals surface area contributed by atoms with Crippen LogP contribution in [-0.4, -0.2) is 35.1 Å². The number of amides is 1. The van der Waals surface area contributed by atoms with Gasteiger partial charge in [-0.05, 0) is 5.56 Å². The van der Waals surface area contributed by atoms with Crippen LogP contribution in [0.3, 0.4) is 0 Å². The summed E-state index contributed by atoms with van der Waals surface area (Å²) in [6.07, 6.45) is 0. The summed E-state index contributed by atoms with van der Waals surface area (Å²) in [4.78, 5) is 25.5. The van der Waals surface area contributed by atoms with Crippen LogP contribution in [0.1, 0.15) is 5.56 Å². The fourth-order valence-electron chi connectivity index (χ4n) is 3.06. The summed E-state index contributed by atoms with van der Waals surface area (Å²) in [5.74, 6) is -0.257. The van der Waals surface area contributed by atoms with Crippen LogP contribution in [0.4, 0.5) is 0 Å². The molecule has 0 unspecified atom stereocenters. The van der Waals surface area contributed by atoms with E-state index in [1.807, 2.05) is 30.3 Å². The van der Waals surface area contributed by atoms with Crippen LogP contribution in [0.2, 0.25) is 50.4 Å². The Bertz CT molecular complexity index is 562. The molecule has 0 aliphatic carbocycles. The number of carbonyl (C=O) groups excluding carboxylic acids is 2. The van der Waals surface area contributed by atoms with Gasteiger partial charge in [0.25, 0.3) is 0 Å². The fraction of sp³-hybridized carbons (Fsp3) is 0.556. The van der Waals surface area contributed by atoms with Crippen LogP contribution in [0.15, 0.2) is 30.3 Å². The summed E-state index contributed by atoms with van der Waals surface area (Å²) in [6.45, 7) is 13.3. The Labute approximate surface area is 148 Å². The van der Waals surface area contributed by atoms with E-state index in [0.717, 1.165) is 5.56 Å². The molecule has 0 aliphatic heterocycles. The van der Waals surface area contributed by atoms with E-state index in [4.69, 9.17) is 4.74 Å². The van der Waals surface area contributed by atoms with Gasteiger partial charge in [-0.25, -0.2) is 0 Å². The molecule has 0 radical (unpaired) electrons. The topological polar surface area (TPSA) is 55.4 Å². The zero-order chi connectivity index (χ0) is 18.5. The highest BCUT2D eigenvalue weighted by atomic mass is 28.3. The zero-order valence-corrected chi connectivity index (χ0v) is 18.0. The molecule has 1 amide bonds. The van der Waals surface area contributed by atoms with Crippen molar-refractivity contribution < 1.29 is 14.3 Å². The maximum Gasteiger partial charge on any atom is 0.306 e. The first-order chi connectivity index (χ1) is 11.0. The zero-order valence-electron chi connectivity index (χ0n) is 16.0. The van der Waals surface area contributed by atoms with Crippen molar-refractivity contribution in [3.05, 3.63) is 35.9 Å². The summed E-state index contributed by atoms with van der Waals surface area (Å²) in [6, 6.07) is 9.84. The molecule has 0 fully saturated rings. The molecule has 1 aromatic rings. The number of hydrogen-bond acceptors (Lipinski definition) is 3. The number of ether oxygens (including phenoxy) is 1. The van der Waals surface area contributed by atoms with Gasteiger partial charge in [0.05, 0.1) is 28.8 Å². The van der Waals surface area contributed by atoms with Gasteiger partial charge in [0.2, 0.25) is 5.91 Å². The summed E-state index contributed by atoms with van der Waals surface area (Å²) < 4.78 is 5.07. The van der Waals surface area contributed by atoms with E-state index in [9.17, 15) is 9.59 Å². The minimum absolute atomic E-state index is 0.0177. The maximum atomic E-state index is 13.0. The van der Waals surface area contributed by atoms with E-state index in [2.05, 4.69) is 44.6 Å². The SMILES string of the molecule is COC(=O)[C@@H]([C@H](C(=O)NCc1ccccc1)[Si](C)(C)C)[Si](C)(C)C. The molecule has 1 rings (SSSR count). The van der Waals surface area contributed by atoms with E-state index in [0.29, 0.717) is 6.54 Å². The van der Waals surface area contributed by atoms with Gasteiger partial charge < -0.3 is 10.1 Å². The third kappa shape index (κ3) is 5.59. The summed E-state index contributed by atoms with van der Waals surface area (Å²) in [5, 5.41) is 3.05. The number of carbonyl (C=O) groups is 2. The third-order valence-electron chi connectivity index (χ3n) is 4.25. The molecule has 1 N–H and O–H groups in total. The molecule has 2 atom stereocenters. The first-order valence-corrected chi connectivity index (χ1v) is 15.5. The maximum absolute atomic E-state index is 13.0. The van der Waals surface area contributed by atoms with E-state index < -0.39 is 16.1 Å². The molecular formula is C18H31NO3Si2. The van der Waals surface area contributed by atoms with E-state index in [1.54, 1.807) is 0 Å². The van der Waals surface area contributed by atoms with Crippen molar-refractivity contribution in [2.45, 2.75) is 56.9 Å². The van der Waals surface area contributed by atoms with Crippen LogP contribution in [0, 0.1) is 0 Å². The number of hydrogen-bond donors (Lipinski definition) is 1. The van der Waals surface area contributed by atoms with E-state index in [1.165, 1.54) is 7.11 Å². The second kappa shape index (κ2) is 8.11. The first kappa shape index (κ1) is 20.6. The van der Waals surface area contributed by atoms with Gasteiger partial charge in [0.1, 0.15) is 0 Å². The number of rotatable bonds is 7. The van der Waals surface area contributed by atoms with Crippen LogP contribution >= 0.6 is 0 Å². The van der Waals surface area contributed by atoms with Crippen molar-refractivity contribution in [3.63, 3.8) is 0 Å². The minimum atomic E-state index is -1.92. The van der Waals surface area contributed by atoms with Crippen molar-refractivity contribution >= 4 is 28.0 Å². The Morgan fingerprint density at radius 1 is 0.958 bits per heavy atom. The van der Waals surface area contributed by atoms with Crippen LogP contribution in [0.5, 0.6) is 0 Å². The van der Waals surface area contributed by atoms with Crippen LogP contribution < -0.4 is 5.32 Å². The Hall–Kier alpha value is -1.41. The number of nitrogens with one attached hydrogen (secondary N) is 1. The average molecular weight is 366 g/mol. The molecule has 0 saturated carbocycles. The molecule has 4 nitrogen and oxygen atoms in total. The standard InChI is InChI=1S/C18H31NO3Si2/c1-22-18(21)16(24(5,6)7)15(23(2,3)4)17(20)19-13-14-11-9-8-10-12-14/h8-12,15-16H,13H2,1-7H3,(H,19,20)/t15-,16-/m1/s1. The Morgan fingerprint density at radius 3 is 1.88 bits per heavy atom. The number of methoxy groups -OCH3 is 1. The molecule has 1 aromatic carbocycles. The highest BCUT2D eigenvalue weighted by Crippen LogP contribution is 2.42. The summed E-state index contributed by atoms with van der Waals surface area (Å²) in [7, 11) is -2.42. The predicted octanol–water partition coefficient (Wildman–Crippen LogP) is 3.89. The lowest BCUT2D eigenvalue weighted by Crippen LogP contribution is -2.50. The molecular weight excluding hydrogens is 334 g/mol. The lowest BCUT2D eigenvalue weighted by molar-refractivity contribution is -0.142. The molecule has 0 spiro atoms. The van der Waals surface area contributed by atoms with Gasteiger partial charge >= 0.3 is 5.97 Å². The highest BCUT2D eigenvalue weighted by molar-refractivity contribution is 6.87. The monoisotopic (exact) mass is 365 g/mol. The second-order valence-corrected chi connectivity index (χ2v) is 19.1. The normalized spacial score (nSPS) is 14.6. The quantitative estimate of drug-likeness (QED) is 0.589. The number of esters is 1. The molecule has 0 bridgehead atoms. The van der Waals surface area contributed by atoms with Crippen molar-refractivity contribution in [1.82, 2.24) is 5.32 Å². The third-order valence-corrected chi connectivity index (χ3v) is 9.48. The second-order valence-electron chi connectivity index (χ2n) is 8.41. The van der Waals surface area contributed by atoms with Gasteiger partial charge in [0.15, 0.2) is 0 Å². The fourth-order valence-corrected chi connectivity index (χ4v) is 10.1. The van der Waals surface area contributed by atoms with Gasteiger partial charge in [-0.2, -0.15) is 0 Å². The molecule has 0 aliphatic rings. The summed E-state index contributed by atoms with van der Waals surface area (Å²) >= 11 is 0. The largest absolute Gasteiger partial charge is 0.469 e. The summed E-state index contributed by atoms with van der Waals surface area (Å²) in [5.41, 5.74) is 0.466. The minimum Gasteiger partial charge on any atom is -0.469 e. The van der Waals surface area contributed by atoms with Crippen molar-refractivity contribution in [3.8, 4) is 0 Å². The molecule has 0 aromatic heterocycles. The van der Waals surface area contributed by atoms with Gasteiger partial charge in [-0.1, -0.05) is 69.6 Å². The predicted molar refractivity (Wildman–Crippen MR) is 104 cm³/mol. The van der Waals surface area contributed by atoms with Crippen molar-refractivity contribution in [2.24, 2.45) is 0 Å². The van der Waals surface area contributed by atoms with Crippen LogP contribution in [0.25, 0.3) is 0 Å². The van der Waals surface area contributed by atoms with Gasteiger partial charge in [-0.3, -0.25) is 9.59 Å². The Balaban J connectivity index is 3.06. The molecule has 24 heavy (non-hydrogen) atoms. The lowest BCUT2D eigenvalue weighted by atomic mass is 10.2. The highest BCUT2D eigenvalue weighted by Gasteiger charge is 2.49. The van der Waals surface area contributed by atoms with Gasteiger partial charge in [0, 0.05) is 12.1 Å². The smallest absolute Gasteiger partial charge is 0.306 e. The molecule has 0 heterocycles. The average Bonchev–Trinajstić information content (AvgIpc) is 2.48. The van der Waals surface area contributed by atoms with E-state index >= 15 is 0 Å². The number of benzene rings is 1. The van der Waals surface area contributed by atoms with Gasteiger partial charge in [-0.15, -0.1) is 0 Å². The molecule has 134 valence electrons. The van der Waals surface area contributed by atoms with Crippen molar-refractivity contribution in [1.29, 1.82) is 0 Å². The van der Waals surface area contributed by atoms with Crippen LogP contribution in [-0.2, 0) is 20.9 Å². The lowest BCUT2D eigenvalue weighted by Gasteiger charge is -2.39. The molecule has 0 saturated heterocycles.